The van der Waals surface area contributed by atoms with E-state index in [1.54, 1.807) is 12.1 Å². The van der Waals surface area contributed by atoms with Crippen LogP contribution in [-0.2, 0) is 14.8 Å². The lowest BCUT2D eigenvalue weighted by molar-refractivity contribution is 0.0306. The molecule has 6 nitrogen and oxygen atoms in total. The number of nitrogens with zero attached hydrogens (tertiary/aromatic N) is 1. The van der Waals surface area contributed by atoms with Gasteiger partial charge in [0.2, 0.25) is 10.0 Å². The molecule has 0 bridgehead atoms. The van der Waals surface area contributed by atoms with E-state index in [2.05, 4.69) is 14.7 Å². The van der Waals surface area contributed by atoms with Crippen molar-refractivity contribution in [1.82, 2.24) is 9.97 Å². The summed E-state index contributed by atoms with van der Waals surface area (Å²) in [5.74, 6) is 0.611. The van der Waals surface area contributed by atoms with Crippen molar-refractivity contribution in [2.24, 2.45) is 0 Å². The topological polar surface area (TPSA) is 84.1 Å². The highest BCUT2D eigenvalue weighted by molar-refractivity contribution is 7.92. The van der Waals surface area contributed by atoms with Crippen LogP contribution in [0.3, 0.4) is 0 Å². The lowest BCUT2D eigenvalue weighted by Gasteiger charge is -2.22. The van der Waals surface area contributed by atoms with Gasteiger partial charge in [-0.15, -0.1) is 0 Å². The number of H-pyrrole nitrogens is 1. The number of aromatic amines is 1. The lowest BCUT2D eigenvalue weighted by atomic mass is 10.1. The van der Waals surface area contributed by atoms with Gasteiger partial charge in [0.1, 0.15) is 5.82 Å². The molecular weight excluding hydrogens is 350 g/mol. The Balaban J connectivity index is 1.61. The third kappa shape index (κ3) is 3.73. The van der Waals surface area contributed by atoms with Gasteiger partial charge in [-0.3, -0.25) is 4.72 Å². The van der Waals surface area contributed by atoms with Crippen molar-refractivity contribution >= 4 is 26.7 Å². The number of imidazole rings is 1. The van der Waals surface area contributed by atoms with Crippen LogP contribution in [0.2, 0.25) is 0 Å². The number of rotatable bonds is 5. The Labute approximate surface area is 152 Å². The van der Waals surface area contributed by atoms with Crippen molar-refractivity contribution in [2.75, 3.05) is 17.1 Å². The zero-order chi connectivity index (χ0) is 18.0. The van der Waals surface area contributed by atoms with Crippen LogP contribution in [0, 0.1) is 0 Å². The van der Waals surface area contributed by atoms with Crippen LogP contribution in [0.25, 0.3) is 22.4 Å². The monoisotopic (exact) mass is 371 g/mol. The molecule has 0 radical (unpaired) electrons. The largest absolute Gasteiger partial charge is 0.377 e. The van der Waals surface area contributed by atoms with Gasteiger partial charge in [-0.05, 0) is 43.5 Å². The summed E-state index contributed by atoms with van der Waals surface area (Å²) in [5, 5.41) is 0. The van der Waals surface area contributed by atoms with E-state index in [9.17, 15) is 8.42 Å². The third-order valence-electron chi connectivity index (χ3n) is 4.52. The molecule has 2 heterocycles. The summed E-state index contributed by atoms with van der Waals surface area (Å²) in [6.07, 6.45) is 2.56. The summed E-state index contributed by atoms with van der Waals surface area (Å²) in [6.45, 7) is 0.635. The Morgan fingerprint density at radius 2 is 1.92 bits per heavy atom. The SMILES string of the molecule is O=S(=O)(CC1CCCCO1)Nc1ccccc1-c1nc2ccccc2[nH]1. The summed E-state index contributed by atoms with van der Waals surface area (Å²) in [7, 11) is -3.51. The van der Waals surface area contributed by atoms with Crippen molar-refractivity contribution in [3.8, 4) is 11.4 Å². The molecule has 1 aliphatic rings. The predicted molar refractivity (Wildman–Crippen MR) is 103 cm³/mol. The second-order valence-electron chi connectivity index (χ2n) is 6.52. The molecule has 4 rings (SSSR count). The van der Waals surface area contributed by atoms with Crippen molar-refractivity contribution in [2.45, 2.75) is 25.4 Å². The molecule has 3 aromatic rings. The highest BCUT2D eigenvalue weighted by Gasteiger charge is 2.23. The van der Waals surface area contributed by atoms with E-state index in [-0.39, 0.29) is 11.9 Å². The minimum Gasteiger partial charge on any atom is -0.377 e. The molecule has 1 aliphatic heterocycles. The molecule has 0 aliphatic carbocycles. The zero-order valence-corrected chi connectivity index (χ0v) is 15.1. The fourth-order valence-electron chi connectivity index (χ4n) is 3.25. The summed E-state index contributed by atoms with van der Waals surface area (Å²) in [6, 6.07) is 15.0. The number of aromatic nitrogens is 2. The van der Waals surface area contributed by atoms with Crippen LogP contribution in [0.4, 0.5) is 5.69 Å². The predicted octanol–water partition coefficient (Wildman–Crippen LogP) is 3.54. The van der Waals surface area contributed by atoms with Gasteiger partial charge in [-0.25, -0.2) is 13.4 Å². The van der Waals surface area contributed by atoms with E-state index in [4.69, 9.17) is 4.74 Å². The van der Waals surface area contributed by atoms with Gasteiger partial charge >= 0.3 is 0 Å². The van der Waals surface area contributed by atoms with Crippen LogP contribution >= 0.6 is 0 Å². The van der Waals surface area contributed by atoms with Crippen LogP contribution in [0.5, 0.6) is 0 Å². The van der Waals surface area contributed by atoms with Gasteiger partial charge in [0, 0.05) is 12.2 Å². The normalized spacial score (nSPS) is 18.1. The van der Waals surface area contributed by atoms with Gasteiger partial charge in [0.05, 0.1) is 28.6 Å². The number of ether oxygens (including phenoxy) is 1. The summed E-state index contributed by atoms with van der Waals surface area (Å²) in [5.41, 5.74) is 2.99. The number of hydrogen-bond donors (Lipinski definition) is 2. The second kappa shape index (κ2) is 7.09. The van der Waals surface area contributed by atoms with E-state index in [1.165, 1.54) is 0 Å². The molecule has 1 saturated heterocycles. The van der Waals surface area contributed by atoms with E-state index >= 15 is 0 Å². The van der Waals surface area contributed by atoms with E-state index in [0.717, 1.165) is 35.9 Å². The summed E-state index contributed by atoms with van der Waals surface area (Å²) in [4.78, 5) is 7.82. The first-order chi connectivity index (χ1) is 12.6. The zero-order valence-electron chi connectivity index (χ0n) is 14.3. The highest BCUT2D eigenvalue weighted by Crippen LogP contribution is 2.28. The van der Waals surface area contributed by atoms with Crippen molar-refractivity contribution < 1.29 is 13.2 Å². The van der Waals surface area contributed by atoms with Gasteiger partial charge < -0.3 is 9.72 Å². The first-order valence-electron chi connectivity index (χ1n) is 8.77. The summed E-state index contributed by atoms with van der Waals surface area (Å²) >= 11 is 0. The number of anilines is 1. The maximum atomic E-state index is 12.6. The number of para-hydroxylation sites is 3. The number of sulfonamides is 1. The third-order valence-corrected chi connectivity index (χ3v) is 5.86. The Morgan fingerprint density at radius 1 is 1.12 bits per heavy atom. The fraction of sp³-hybridized carbons (Fsp3) is 0.316. The Bertz CT molecular complexity index is 975. The second-order valence-corrected chi connectivity index (χ2v) is 8.29. The average Bonchev–Trinajstić information content (AvgIpc) is 3.06. The Morgan fingerprint density at radius 3 is 2.73 bits per heavy atom. The van der Waals surface area contributed by atoms with Gasteiger partial charge in [0.15, 0.2) is 0 Å². The minimum atomic E-state index is -3.51. The highest BCUT2D eigenvalue weighted by atomic mass is 32.2. The molecule has 136 valence electrons. The molecule has 1 fully saturated rings. The van der Waals surface area contributed by atoms with Crippen molar-refractivity contribution in [3.05, 3.63) is 48.5 Å². The van der Waals surface area contributed by atoms with Crippen molar-refractivity contribution in [1.29, 1.82) is 0 Å². The van der Waals surface area contributed by atoms with Crippen LogP contribution in [-0.4, -0.2) is 36.8 Å². The molecule has 26 heavy (non-hydrogen) atoms. The quantitative estimate of drug-likeness (QED) is 0.718. The maximum Gasteiger partial charge on any atom is 0.235 e. The fourth-order valence-corrected chi connectivity index (χ4v) is 4.60. The molecule has 1 atom stereocenters. The van der Waals surface area contributed by atoms with Crippen LogP contribution in [0.1, 0.15) is 19.3 Å². The number of hydrogen-bond acceptors (Lipinski definition) is 4. The molecule has 1 aromatic heterocycles. The van der Waals surface area contributed by atoms with E-state index in [0.29, 0.717) is 18.1 Å². The smallest absolute Gasteiger partial charge is 0.235 e. The van der Waals surface area contributed by atoms with E-state index in [1.807, 2.05) is 36.4 Å². The maximum absolute atomic E-state index is 12.6. The molecule has 2 N–H and O–H groups in total. The number of nitrogens with one attached hydrogen (secondary N) is 2. The molecule has 1 unspecified atom stereocenters. The minimum absolute atomic E-state index is 0.0263. The van der Waals surface area contributed by atoms with Crippen LogP contribution in [0.15, 0.2) is 48.5 Å². The molecular formula is C19H21N3O3S. The molecule has 0 amide bonds. The number of fused-ring (bicyclic) bond motifs is 1. The first kappa shape index (κ1) is 17.1. The number of benzene rings is 2. The molecule has 2 aromatic carbocycles. The van der Waals surface area contributed by atoms with E-state index < -0.39 is 10.0 Å². The summed E-state index contributed by atoms with van der Waals surface area (Å²) < 4.78 is 33.5. The molecule has 0 saturated carbocycles. The lowest BCUT2D eigenvalue weighted by Crippen LogP contribution is -2.31. The van der Waals surface area contributed by atoms with Gasteiger partial charge in [-0.2, -0.15) is 0 Å². The van der Waals surface area contributed by atoms with Gasteiger partial charge in [0.25, 0.3) is 0 Å². The first-order valence-corrected chi connectivity index (χ1v) is 10.4. The standard InChI is InChI=1S/C19H21N3O3S/c23-26(24,13-14-7-5-6-12-25-14)22-16-9-2-1-8-15(16)19-20-17-10-3-4-11-18(17)21-19/h1-4,8-11,14,22H,5-7,12-13H2,(H,20,21). The van der Waals surface area contributed by atoms with Crippen molar-refractivity contribution in [3.63, 3.8) is 0 Å². The van der Waals surface area contributed by atoms with Gasteiger partial charge in [-0.1, -0.05) is 24.3 Å². The average molecular weight is 371 g/mol. The molecule has 0 spiro atoms. The Kier molecular flexibility index (Phi) is 4.65. The Hall–Kier alpha value is -2.38. The molecule has 7 heteroatoms. The van der Waals surface area contributed by atoms with Crippen LogP contribution < -0.4 is 4.72 Å².